The molecule has 0 aliphatic carbocycles. The first-order valence-corrected chi connectivity index (χ1v) is 7.02. The largest absolute Gasteiger partial charge is 0.229 e. The molecule has 94 valence electrons. The van der Waals surface area contributed by atoms with Crippen LogP contribution in [0.1, 0.15) is 30.9 Å². The molecule has 1 heterocycles. The van der Waals surface area contributed by atoms with Gasteiger partial charge in [0.05, 0.1) is 0 Å². The molecule has 0 saturated heterocycles. The molecule has 0 fully saturated rings. The van der Waals surface area contributed by atoms with Crippen LogP contribution in [0.5, 0.6) is 0 Å². The number of hydrogen-bond donors (Lipinski definition) is 0. The normalized spacial score (nSPS) is 10.9. The first kappa shape index (κ1) is 13.4. The zero-order chi connectivity index (χ0) is 13.1. The molecule has 2 rings (SSSR count). The lowest BCUT2D eigenvalue weighted by Crippen LogP contribution is -1.97. The van der Waals surface area contributed by atoms with Crippen molar-refractivity contribution in [2.45, 2.75) is 36.6 Å². The second kappa shape index (κ2) is 5.72. The highest BCUT2D eigenvalue weighted by Gasteiger charge is 2.14. The van der Waals surface area contributed by atoms with Crippen molar-refractivity contribution in [2.24, 2.45) is 0 Å². The van der Waals surface area contributed by atoms with Gasteiger partial charge in [-0.25, -0.2) is 9.97 Å². The third-order valence-corrected chi connectivity index (χ3v) is 3.89. The highest BCUT2D eigenvalue weighted by molar-refractivity contribution is 7.99. The number of halogens is 1. The maximum absolute atomic E-state index is 6.16. The number of benzene rings is 1. The van der Waals surface area contributed by atoms with Gasteiger partial charge in [0.15, 0.2) is 0 Å². The number of aromatic nitrogens is 2. The van der Waals surface area contributed by atoms with Crippen LogP contribution < -0.4 is 0 Å². The summed E-state index contributed by atoms with van der Waals surface area (Å²) >= 11 is 7.79. The zero-order valence-corrected chi connectivity index (χ0v) is 12.2. The summed E-state index contributed by atoms with van der Waals surface area (Å²) in [4.78, 5) is 9.59. The van der Waals surface area contributed by atoms with E-state index in [1.165, 1.54) is 16.8 Å². The predicted molar refractivity (Wildman–Crippen MR) is 76.4 cm³/mol. The topological polar surface area (TPSA) is 25.8 Å². The van der Waals surface area contributed by atoms with E-state index in [4.69, 9.17) is 11.6 Å². The molecule has 0 amide bonds. The van der Waals surface area contributed by atoms with E-state index < -0.39 is 0 Å². The van der Waals surface area contributed by atoms with E-state index >= 15 is 0 Å². The van der Waals surface area contributed by atoms with Gasteiger partial charge in [-0.15, -0.1) is 0 Å². The molecule has 0 spiro atoms. The lowest BCUT2D eigenvalue weighted by Gasteiger charge is -2.12. The van der Waals surface area contributed by atoms with Gasteiger partial charge in [-0.2, -0.15) is 0 Å². The van der Waals surface area contributed by atoms with E-state index in [9.17, 15) is 0 Å². The first-order chi connectivity index (χ1) is 8.58. The van der Waals surface area contributed by atoms with Gasteiger partial charge in [0, 0.05) is 10.5 Å². The summed E-state index contributed by atoms with van der Waals surface area (Å²) in [5, 5.41) is 1.49. The number of hydrogen-bond acceptors (Lipinski definition) is 3. The van der Waals surface area contributed by atoms with E-state index in [0.717, 1.165) is 10.6 Å². The average molecular weight is 279 g/mol. The van der Waals surface area contributed by atoms with Gasteiger partial charge in [0.2, 0.25) is 0 Å². The molecular weight excluding hydrogens is 264 g/mol. The summed E-state index contributed by atoms with van der Waals surface area (Å²) < 4.78 is 0. The Labute approximate surface area is 117 Å². The molecule has 0 saturated carbocycles. The van der Waals surface area contributed by atoms with E-state index in [-0.39, 0.29) is 0 Å². The van der Waals surface area contributed by atoms with E-state index in [2.05, 4.69) is 55.0 Å². The highest BCUT2D eigenvalue weighted by atomic mass is 35.5. The summed E-state index contributed by atoms with van der Waals surface area (Å²) in [6, 6.07) is 8.36. The summed E-state index contributed by atoms with van der Waals surface area (Å²) in [5.41, 5.74) is 2.26. The Bertz CT molecular complexity index is 555. The average Bonchev–Trinajstić information content (AvgIpc) is 2.28. The van der Waals surface area contributed by atoms with Crippen molar-refractivity contribution in [3.05, 3.63) is 46.9 Å². The molecule has 2 aromatic rings. The van der Waals surface area contributed by atoms with Gasteiger partial charge >= 0.3 is 0 Å². The van der Waals surface area contributed by atoms with Crippen LogP contribution in [0, 0.1) is 6.92 Å². The molecule has 0 N–H and O–H groups in total. The molecule has 1 aromatic heterocycles. The molecule has 4 heteroatoms. The fourth-order valence-corrected chi connectivity index (χ4v) is 3.28. The van der Waals surface area contributed by atoms with Crippen molar-refractivity contribution in [3.63, 3.8) is 0 Å². The molecule has 0 unspecified atom stereocenters. The molecular formula is C14H15ClN2S. The van der Waals surface area contributed by atoms with Crippen molar-refractivity contribution in [2.75, 3.05) is 0 Å². The van der Waals surface area contributed by atoms with Crippen LogP contribution >= 0.6 is 23.4 Å². The standard InChI is InChI=1S/C14H15ClN2S/c1-9(2)12-13(15)16-8-17-14(12)18-11-6-4-5-10(3)7-11/h4-9H,1-3H3. The van der Waals surface area contributed by atoms with E-state index in [1.807, 2.05) is 0 Å². The summed E-state index contributed by atoms with van der Waals surface area (Å²) in [7, 11) is 0. The molecule has 0 atom stereocenters. The minimum absolute atomic E-state index is 0.311. The molecule has 0 radical (unpaired) electrons. The SMILES string of the molecule is Cc1cccc(Sc2ncnc(Cl)c2C(C)C)c1. The fraction of sp³-hybridized carbons (Fsp3) is 0.286. The van der Waals surface area contributed by atoms with Crippen molar-refractivity contribution >= 4 is 23.4 Å². The van der Waals surface area contributed by atoms with Gasteiger partial charge in [0.1, 0.15) is 16.5 Å². The predicted octanol–water partition coefficient (Wildman–Crippen LogP) is 4.71. The molecule has 1 aromatic carbocycles. The monoisotopic (exact) mass is 278 g/mol. The van der Waals surface area contributed by atoms with Crippen LogP contribution in [-0.4, -0.2) is 9.97 Å². The van der Waals surface area contributed by atoms with Gasteiger partial charge in [0.25, 0.3) is 0 Å². The number of rotatable bonds is 3. The second-order valence-corrected chi connectivity index (χ2v) is 5.88. The highest BCUT2D eigenvalue weighted by Crippen LogP contribution is 2.35. The Morgan fingerprint density at radius 1 is 1.22 bits per heavy atom. The van der Waals surface area contributed by atoms with Gasteiger partial charge < -0.3 is 0 Å². The van der Waals surface area contributed by atoms with Crippen molar-refractivity contribution in [1.82, 2.24) is 9.97 Å². The lowest BCUT2D eigenvalue weighted by molar-refractivity contribution is 0.803. The molecule has 2 nitrogen and oxygen atoms in total. The lowest BCUT2D eigenvalue weighted by atomic mass is 10.1. The van der Waals surface area contributed by atoms with Crippen molar-refractivity contribution in [1.29, 1.82) is 0 Å². The molecule has 0 bridgehead atoms. The van der Waals surface area contributed by atoms with Crippen molar-refractivity contribution < 1.29 is 0 Å². The minimum Gasteiger partial charge on any atom is -0.229 e. The Balaban J connectivity index is 2.37. The quantitative estimate of drug-likeness (QED) is 0.760. The fourth-order valence-electron chi connectivity index (χ4n) is 1.72. The summed E-state index contributed by atoms with van der Waals surface area (Å²) in [5.74, 6) is 0.311. The Morgan fingerprint density at radius 2 is 2.00 bits per heavy atom. The Hall–Kier alpha value is -1.06. The number of aryl methyl sites for hydroxylation is 1. The first-order valence-electron chi connectivity index (χ1n) is 5.83. The van der Waals surface area contributed by atoms with Crippen LogP contribution in [0.25, 0.3) is 0 Å². The summed E-state index contributed by atoms with van der Waals surface area (Å²) in [6.45, 7) is 6.29. The van der Waals surface area contributed by atoms with Crippen molar-refractivity contribution in [3.8, 4) is 0 Å². The van der Waals surface area contributed by atoms with Gasteiger partial charge in [-0.3, -0.25) is 0 Å². The van der Waals surface area contributed by atoms with Crippen LogP contribution in [-0.2, 0) is 0 Å². The van der Waals surface area contributed by atoms with E-state index in [0.29, 0.717) is 11.1 Å². The van der Waals surface area contributed by atoms with Crippen LogP contribution in [0.2, 0.25) is 5.15 Å². The smallest absolute Gasteiger partial charge is 0.137 e. The van der Waals surface area contributed by atoms with E-state index in [1.54, 1.807) is 11.8 Å². The minimum atomic E-state index is 0.311. The zero-order valence-electron chi connectivity index (χ0n) is 10.6. The molecule has 18 heavy (non-hydrogen) atoms. The molecule has 0 aliphatic heterocycles. The third kappa shape index (κ3) is 3.03. The number of nitrogens with zero attached hydrogens (tertiary/aromatic N) is 2. The third-order valence-electron chi connectivity index (χ3n) is 2.58. The van der Waals surface area contributed by atoms with Crippen LogP contribution in [0.3, 0.4) is 0 Å². The second-order valence-electron chi connectivity index (χ2n) is 4.46. The Morgan fingerprint density at radius 3 is 2.67 bits per heavy atom. The summed E-state index contributed by atoms with van der Waals surface area (Å²) in [6.07, 6.45) is 1.52. The Kier molecular flexibility index (Phi) is 4.25. The maximum Gasteiger partial charge on any atom is 0.137 e. The molecule has 0 aliphatic rings. The van der Waals surface area contributed by atoms with Crippen LogP contribution in [0.15, 0.2) is 40.5 Å². The van der Waals surface area contributed by atoms with Gasteiger partial charge in [-0.05, 0) is 25.0 Å². The van der Waals surface area contributed by atoms with Gasteiger partial charge in [-0.1, -0.05) is 54.9 Å². The maximum atomic E-state index is 6.16. The van der Waals surface area contributed by atoms with Crippen LogP contribution in [0.4, 0.5) is 0 Å².